The third-order valence-electron chi connectivity index (χ3n) is 0. The maximum absolute atomic E-state index is 4.27. The van der Waals surface area contributed by atoms with Crippen molar-refractivity contribution in [3.05, 3.63) is 0 Å². The Morgan fingerprint density at radius 2 is 1.71 bits per heavy atom. The molecule has 0 aromatic carbocycles. The van der Waals surface area contributed by atoms with Crippen LogP contribution in [0.2, 0.25) is 3.67 Å². The van der Waals surface area contributed by atoms with Gasteiger partial charge in [0.2, 0.25) is 0 Å². The Balaban J connectivity index is 0. The van der Waals surface area contributed by atoms with Crippen LogP contribution in [0.1, 0.15) is 6.92 Å². The molecule has 0 nitrogen and oxygen atoms in total. The Labute approximate surface area is 78.7 Å². The summed E-state index contributed by atoms with van der Waals surface area (Å²) in [6.07, 6.45) is 0. The fourth-order valence-corrected chi connectivity index (χ4v) is 0. The molecule has 0 atom stereocenters. The SMILES string of the molecule is C[CH2][Na].S=C(S)S. The molecular formula is C3H7NaS3. The van der Waals surface area contributed by atoms with Gasteiger partial charge in [0.25, 0.3) is 0 Å². The minimum absolute atomic E-state index is 0.389. The van der Waals surface area contributed by atoms with Gasteiger partial charge in [-0.05, 0) is 0 Å². The molecule has 0 fully saturated rings. The van der Waals surface area contributed by atoms with E-state index in [2.05, 4.69) is 44.4 Å². The summed E-state index contributed by atoms with van der Waals surface area (Å²) in [6.45, 7) is 2.19. The van der Waals surface area contributed by atoms with E-state index in [0.717, 1.165) is 0 Å². The van der Waals surface area contributed by atoms with Gasteiger partial charge in [0.05, 0.1) is 3.53 Å². The molecule has 38 valence electrons. The molecule has 0 N–H and O–H groups in total. The molecule has 0 rings (SSSR count). The van der Waals surface area contributed by atoms with Crippen molar-refractivity contribution in [2.24, 2.45) is 0 Å². The van der Waals surface area contributed by atoms with Crippen molar-refractivity contribution in [3.63, 3.8) is 0 Å². The molecule has 4 heteroatoms. The van der Waals surface area contributed by atoms with Gasteiger partial charge in [0.15, 0.2) is 0 Å². The molecule has 0 spiro atoms. The largest absolute Gasteiger partial charge is 0.125 e. The van der Waals surface area contributed by atoms with Crippen molar-refractivity contribution in [1.29, 1.82) is 0 Å². The number of hydrogen-bond donors (Lipinski definition) is 2. The maximum Gasteiger partial charge on any atom is 0.0976 e. The molecule has 0 bridgehead atoms. The van der Waals surface area contributed by atoms with E-state index in [1.807, 2.05) is 0 Å². The number of thiocarbonyl (C=S) groups is 1. The molecule has 0 amide bonds. The fraction of sp³-hybridized carbons (Fsp3) is 0.667. The predicted octanol–water partition coefficient (Wildman–Crippen LogP) is 1.72. The van der Waals surface area contributed by atoms with Gasteiger partial charge in [-0.1, -0.05) is 12.2 Å². The summed E-state index contributed by atoms with van der Waals surface area (Å²) >= 11 is 12.8. The van der Waals surface area contributed by atoms with Crippen molar-refractivity contribution in [2.75, 3.05) is 0 Å². The second-order valence-electron chi connectivity index (χ2n) is 0.990. The average Bonchev–Trinajstić information content (AvgIpc) is 1.33. The predicted molar refractivity (Wildman–Crippen MR) is 46.8 cm³/mol. The Hall–Kier alpha value is 1.79. The van der Waals surface area contributed by atoms with Crippen LogP contribution >= 0.6 is 37.5 Å². The van der Waals surface area contributed by atoms with Crippen LogP contribution in [-0.4, -0.2) is 31.5 Å². The van der Waals surface area contributed by atoms with Crippen molar-refractivity contribution in [1.82, 2.24) is 0 Å². The molecule has 0 aromatic rings. The Morgan fingerprint density at radius 1 is 1.71 bits per heavy atom. The molecular weight excluding hydrogens is 155 g/mol. The van der Waals surface area contributed by atoms with E-state index in [0.29, 0.717) is 3.53 Å². The van der Waals surface area contributed by atoms with Gasteiger partial charge in [-0.3, -0.25) is 0 Å². The van der Waals surface area contributed by atoms with Gasteiger partial charge in [-0.25, -0.2) is 0 Å². The molecule has 0 unspecified atom stereocenters. The Morgan fingerprint density at radius 3 is 1.71 bits per heavy atom. The second kappa shape index (κ2) is 10.7. The quantitative estimate of drug-likeness (QED) is 0.311. The van der Waals surface area contributed by atoms with Crippen molar-refractivity contribution in [2.45, 2.75) is 10.6 Å². The summed E-state index contributed by atoms with van der Waals surface area (Å²) in [5, 5.41) is 0. The molecule has 0 aliphatic heterocycles. The van der Waals surface area contributed by atoms with Crippen LogP contribution in [0.5, 0.6) is 0 Å². The molecule has 0 aliphatic rings. The van der Waals surface area contributed by atoms with E-state index >= 15 is 0 Å². The van der Waals surface area contributed by atoms with Crippen LogP contribution in [0.25, 0.3) is 0 Å². The minimum Gasteiger partial charge on any atom is -0.125 e. The topological polar surface area (TPSA) is 0 Å². The fourth-order valence-electron chi connectivity index (χ4n) is 0. The first kappa shape index (κ1) is 11.6. The van der Waals surface area contributed by atoms with Crippen molar-refractivity contribution >= 4 is 68.9 Å². The summed E-state index contributed by atoms with van der Waals surface area (Å²) in [6, 6.07) is 0. The van der Waals surface area contributed by atoms with E-state index in [-0.39, 0.29) is 0 Å². The maximum atomic E-state index is 4.27. The van der Waals surface area contributed by atoms with Crippen molar-refractivity contribution < 1.29 is 0 Å². The number of rotatable bonds is 0. The van der Waals surface area contributed by atoms with Crippen LogP contribution in [0.4, 0.5) is 0 Å². The molecule has 0 aliphatic carbocycles. The van der Waals surface area contributed by atoms with E-state index < -0.39 is 0 Å². The molecule has 0 saturated carbocycles. The summed E-state index contributed by atoms with van der Waals surface area (Å²) in [7, 11) is 0. The molecule has 0 radical (unpaired) electrons. The number of hydrogen-bond acceptors (Lipinski definition) is 1. The molecule has 0 aromatic heterocycles. The zero-order chi connectivity index (χ0) is 6.28. The zero-order valence-electron chi connectivity index (χ0n) is 4.51. The van der Waals surface area contributed by atoms with Gasteiger partial charge in [-0.15, -0.1) is 25.3 Å². The van der Waals surface area contributed by atoms with Crippen LogP contribution < -0.4 is 0 Å². The van der Waals surface area contributed by atoms with Gasteiger partial charge >= 0.3 is 38.5 Å². The van der Waals surface area contributed by atoms with Crippen LogP contribution in [-0.2, 0) is 0 Å². The summed E-state index contributed by atoms with van der Waals surface area (Å²) in [4.78, 5) is 0. The summed E-state index contributed by atoms with van der Waals surface area (Å²) in [5.74, 6) is 0. The first-order valence-corrected chi connectivity index (χ1v) is 4.78. The second-order valence-corrected chi connectivity index (χ2v) is 4.66. The van der Waals surface area contributed by atoms with Gasteiger partial charge in [0.1, 0.15) is 0 Å². The van der Waals surface area contributed by atoms with E-state index in [1.165, 1.54) is 31.6 Å². The minimum atomic E-state index is 0.389. The van der Waals surface area contributed by atoms with Gasteiger partial charge < -0.3 is 0 Å². The zero-order valence-corrected chi connectivity index (χ0v) is 9.12. The van der Waals surface area contributed by atoms with Gasteiger partial charge in [-0.2, -0.15) is 0 Å². The van der Waals surface area contributed by atoms with Crippen molar-refractivity contribution in [3.8, 4) is 0 Å². The van der Waals surface area contributed by atoms with E-state index in [4.69, 9.17) is 0 Å². The first-order chi connectivity index (χ1) is 3.15. The Bertz CT molecular complexity index is 41.4. The van der Waals surface area contributed by atoms with Gasteiger partial charge in [0, 0.05) is 0 Å². The van der Waals surface area contributed by atoms with Crippen LogP contribution in [0.15, 0.2) is 0 Å². The Kier molecular flexibility index (Phi) is 17.7. The number of thiol groups is 2. The first-order valence-electron chi connectivity index (χ1n) is 2.07. The molecule has 0 saturated heterocycles. The summed E-state index contributed by atoms with van der Waals surface area (Å²) < 4.78 is 1.78. The van der Waals surface area contributed by atoms with E-state index in [9.17, 15) is 0 Å². The monoisotopic (exact) mass is 162 g/mol. The molecule has 0 heterocycles. The normalized spacial score (nSPS) is 6.43. The average molecular weight is 162 g/mol. The third-order valence-corrected chi connectivity index (χ3v) is 0. The van der Waals surface area contributed by atoms with E-state index in [1.54, 1.807) is 0 Å². The third kappa shape index (κ3) is 81.5. The van der Waals surface area contributed by atoms with Crippen LogP contribution in [0.3, 0.4) is 0 Å². The smallest absolute Gasteiger partial charge is 0.0976 e. The van der Waals surface area contributed by atoms with Crippen LogP contribution in [0, 0.1) is 0 Å². The standard InChI is InChI=1S/C2H5.CH2S3.Na/c1-2;2-1(3)4;/h1H2,2H3;(H2,2,3,4);. The molecule has 7 heavy (non-hydrogen) atoms. The summed E-state index contributed by atoms with van der Waals surface area (Å²) in [5.41, 5.74) is 0.